The van der Waals surface area contributed by atoms with E-state index in [-0.39, 0.29) is 28.8 Å². The zero-order chi connectivity index (χ0) is 18.5. The van der Waals surface area contributed by atoms with Gasteiger partial charge in [0.25, 0.3) is 5.91 Å². The number of ether oxygens (including phenoxy) is 2. The molecule has 0 saturated carbocycles. The van der Waals surface area contributed by atoms with Crippen LogP contribution in [0.4, 0.5) is 5.95 Å². The van der Waals surface area contributed by atoms with Crippen LogP contribution in [0.5, 0.6) is 0 Å². The summed E-state index contributed by atoms with van der Waals surface area (Å²) in [4.78, 5) is 25.4. The fourth-order valence-corrected chi connectivity index (χ4v) is 3.49. The highest BCUT2D eigenvalue weighted by Gasteiger charge is 2.22. The van der Waals surface area contributed by atoms with Crippen molar-refractivity contribution in [2.24, 2.45) is 0 Å². The summed E-state index contributed by atoms with van der Waals surface area (Å²) in [5.41, 5.74) is 0.215. The van der Waals surface area contributed by atoms with Crippen LogP contribution in [0.3, 0.4) is 0 Å². The van der Waals surface area contributed by atoms with Crippen LogP contribution in [0.25, 0.3) is 0 Å². The molecule has 8 nitrogen and oxygen atoms in total. The number of carbonyl (C=O) groups excluding carboxylic acids is 1. The molecule has 0 spiro atoms. The van der Waals surface area contributed by atoms with Gasteiger partial charge in [0.05, 0.1) is 36.6 Å². The van der Waals surface area contributed by atoms with Gasteiger partial charge in [-0.25, -0.2) is 9.97 Å². The molecule has 144 valence electrons. The Kier molecular flexibility index (Phi) is 6.63. The van der Waals surface area contributed by atoms with Crippen LogP contribution in [0.2, 0.25) is 5.02 Å². The van der Waals surface area contributed by atoms with Crippen molar-refractivity contribution >= 4 is 23.5 Å². The first kappa shape index (κ1) is 19.3. The Morgan fingerprint density at radius 1 is 1.31 bits per heavy atom. The van der Waals surface area contributed by atoms with E-state index in [1.807, 2.05) is 4.90 Å². The number of anilines is 1. The molecule has 26 heavy (non-hydrogen) atoms. The molecule has 2 aliphatic rings. The number of aromatic nitrogens is 2. The van der Waals surface area contributed by atoms with E-state index in [2.05, 4.69) is 34.0 Å². The topological polar surface area (TPSA) is 79.8 Å². The molecule has 2 unspecified atom stereocenters. The molecule has 2 aliphatic heterocycles. The Labute approximate surface area is 158 Å². The molecule has 0 aromatic carbocycles. The largest absolute Gasteiger partial charge is 0.378 e. The maximum atomic E-state index is 12.5. The number of hydrogen-bond donors (Lipinski definition) is 1. The molecular formula is C17H26ClN5O3. The second-order valence-electron chi connectivity index (χ2n) is 6.74. The van der Waals surface area contributed by atoms with Gasteiger partial charge in [-0.05, 0) is 13.8 Å². The molecule has 9 heteroatoms. The summed E-state index contributed by atoms with van der Waals surface area (Å²) in [6.07, 6.45) is 1.91. The van der Waals surface area contributed by atoms with Crippen molar-refractivity contribution in [2.75, 3.05) is 57.4 Å². The van der Waals surface area contributed by atoms with Crippen molar-refractivity contribution in [3.05, 3.63) is 16.9 Å². The van der Waals surface area contributed by atoms with Crippen molar-refractivity contribution in [1.29, 1.82) is 0 Å². The summed E-state index contributed by atoms with van der Waals surface area (Å²) >= 11 is 6.14. The molecule has 3 heterocycles. The Morgan fingerprint density at radius 2 is 2.00 bits per heavy atom. The summed E-state index contributed by atoms with van der Waals surface area (Å²) in [5.74, 6) is 0.236. The number of rotatable bonds is 5. The minimum atomic E-state index is -0.277. The highest BCUT2D eigenvalue weighted by atomic mass is 35.5. The van der Waals surface area contributed by atoms with Gasteiger partial charge in [0.15, 0.2) is 5.69 Å². The predicted octanol–water partition coefficient (Wildman–Crippen LogP) is 0.806. The van der Waals surface area contributed by atoms with Crippen LogP contribution < -0.4 is 10.2 Å². The minimum absolute atomic E-state index is 0.210. The summed E-state index contributed by atoms with van der Waals surface area (Å²) in [6, 6.07) is 0. The van der Waals surface area contributed by atoms with E-state index in [0.29, 0.717) is 38.8 Å². The fraction of sp³-hybridized carbons (Fsp3) is 0.706. The van der Waals surface area contributed by atoms with Gasteiger partial charge >= 0.3 is 0 Å². The molecule has 1 amide bonds. The maximum Gasteiger partial charge on any atom is 0.271 e. The lowest BCUT2D eigenvalue weighted by Gasteiger charge is -2.35. The van der Waals surface area contributed by atoms with Crippen LogP contribution in [-0.4, -0.2) is 85.5 Å². The summed E-state index contributed by atoms with van der Waals surface area (Å²) in [7, 11) is 0. The van der Waals surface area contributed by atoms with Gasteiger partial charge in [0, 0.05) is 39.3 Å². The second kappa shape index (κ2) is 8.94. The van der Waals surface area contributed by atoms with Crippen LogP contribution in [0.1, 0.15) is 24.3 Å². The summed E-state index contributed by atoms with van der Waals surface area (Å²) in [6.45, 7) is 9.84. The Bertz CT molecular complexity index is 616. The first-order valence-corrected chi connectivity index (χ1v) is 9.42. The standard InChI is InChI=1S/C17H26ClN5O3/c1-12-10-22(11-13(2)26-12)4-3-19-16(24)15-14(18)9-20-17(21-15)23-5-7-25-8-6-23/h9,12-13H,3-8,10-11H2,1-2H3,(H,19,24). The Morgan fingerprint density at radius 3 is 2.69 bits per heavy atom. The first-order valence-electron chi connectivity index (χ1n) is 9.04. The quantitative estimate of drug-likeness (QED) is 0.805. The number of nitrogens with one attached hydrogen (secondary N) is 1. The van der Waals surface area contributed by atoms with Crippen molar-refractivity contribution in [2.45, 2.75) is 26.1 Å². The minimum Gasteiger partial charge on any atom is -0.378 e. The van der Waals surface area contributed by atoms with Gasteiger partial charge in [0.2, 0.25) is 5.95 Å². The van der Waals surface area contributed by atoms with Gasteiger partial charge in [-0.3, -0.25) is 9.69 Å². The molecule has 0 bridgehead atoms. The monoisotopic (exact) mass is 383 g/mol. The SMILES string of the molecule is CC1CN(CCNC(=O)c2nc(N3CCOCC3)ncc2Cl)CC(C)O1. The highest BCUT2D eigenvalue weighted by Crippen LogP contribution is 2.17. The molecule has 2 fully saturated rings. The number of nitrogens with zero attached hydrogens (tertiary/aromatic N) is 4. The predicted molar refractivity (Wildman–Crippen MR) is 98.9 cm³/mol. The molecule has 2 saturated heterocycles. The van der Waals surface area contributed by atoms with Crippen molar-refractivity contribution in [3.63, 3.8) is 0 Å². The first-order chi connectivity index (χ1) is 12.5. The smallest absolute Gasteiger partial charge is 0.271 e. The molecule has 0 aliphatic carbocycles. The molecular weight excluding hydrogens is 358 g/mol. The lowest BCUT2D eigenvalue weighted by molar-refractivity contribution is -0.0672. The van der Waals surface area contributed by atoms with E-state index in [1.165, 1.54) is 6.20 Å². The van der Waals surface area contributed by atoms with E-state index in [0.717, 1.165) is 19.6 Å². The van der Waals surface area contributed by atoms with Gasteiger partial charge in [-0.2, -0.15) is 0 Å². The van der Waals surface area contributed by atoms with Crippen LogP contribution in [0.15, 0.2) is 6.20 Å². The van der Waals surface area contributed by atoms with Crippen molar-refractivity contribution in [3.8, 4) is 0 Å². The molecule has 2 atom stereocenters. The van der Waals surface area contributed by atoms with Gasteiger partial charge in [0.1, 0.15) is 0 Å². The van der Waals surface area contributed by atoms with Gasteiger partial charge < -0.3 is 19.7 Å². The third kappa shape index (κ3) is 5.03. The number of carbonyl (C=O) groups is 1. The summed E-state index contributed by atoms with van der Waals surface area (Å²) in [5, 5.41) is 3.17. The Hall–Kier alpha value is -1.48. The number of amides is 1. The van der Waals surface area contributed by atoms with E-state index in [4.69, 9.17) is 21.1 Å². The van der Waals surface area contributed by atoms with E-state index in [1.54, 1.807) is 0 Å². The fourth-order valence-electron chi connectivity index (χ4n) is 3.31. The Balaban J connectivity index is 1.55. The van der Waals surface area contributed by atoms with Crippen LogP contribution >= 0.6 is 11.6 Å². The van der Waals surface area contributed by atoms with Gasteiger partial charge in [-0.1, -0.05) is 11.6 Å². The average molecular weight is 384 g/mol. The van der Waals surface area contributed by atoms with Crippen LogP contribution in [0, 0.1) is 0 Å². The molecule has 0 radical (unpaired) electrons. The molecule has 1 aromatic rings. The number of morpholine rings is 2. The third-order valence-corrected chi connectivity index (χ3v) is 4.73. The van der Waals surface area contributed by atoms with E-state index < -0.39 is 0 Å². The third-order valence-electron chi connectivity index (χ3n) is 4.45. The zero-order valence-corrected chi connectivity index (χ0v) is 16.0. The second-order valence-corrected chi connectivity index (χ2v) is 7.15. The molecule has 1 aromatic heterocycles. The van der Waals surface area contributed by atoms with Crippen molar-refractivity contribution in [1.82, 2.24) is 20.2 Å². The zero-order valence-electron chi connectivity index (χ0n) is 15.3. The van der Waals surface area contributed by atoms with Gasteiger partial charge in [-0.15, -0.1) is 0 Å². The number of hydrogen-bond acceptors (Lipinski definition) is 7. The molecule has 3 rings (SSSR count). The van der Waals surface area contributed by atoms with E-state index >= 15 is 0 Å². The lowest BCUT2D eigenvalue weighted by Crippen LogP contribution is -2.48. The van der Waals surface area contributed by atoms with Crippen molar-refractivity contribution < 1.29 is 14.3 Å². The molecule has 1 N–H and O–H groups in total. The summed E-state index contributed by atoms with van der Waals surface area (Å²) < 4.78 is 11.1. The van der Waals surface area contributed by atoms with Crippen LogP contribution in [-0.2, 0) is 9.47 Å². The highest BCUT2D eigenvalue weighted by molar-refractivity contribution is 6.33. The normalized spacial score (nSPS) is 24.5. The number of halogens is 1. The lowest BCUT2D eigenvalue weighted by atomic mass is 10.2. The van der Waals surface area contributed by atoms with E-state index in [9.17, 15) is 4.79 Å². The average Bonchev–Trinajstić information content (AvgIpc) is 2.62. The maximum absolute atomic E-state index is 12.5.